The molecule has 0 radical (unpaired) electrons. The van der Waals surface area contributed by atoms with Crippen molar-refractivity contribution in [2.75, 3.05) is 0 Å². The fourth-order valence-electron chi connectivity index (χ4n) is 1.06. The molecule has 0 saturated carbocycles. The van der Waals surface area contributed by atoms with Gasteiger partial charge in [-0.3, -0.25) is 4.55 Å². The van der Waals surface area contributed by atoms with Gasteiger partial charge in [-0.15, -0.1) is 0 Å². The molecule has 0 amide bonds. The Hall–Kier alpha value is 0.0700. The molecule has 3 nitrogen and oxygen atoms in total. The first kappa shape index (κ1) is 12.1. The quantitative estimate of drug-likeness (QED) is 0.633. The van der Waals surface area contributed by atoms with Crippen LogP contribution in [0.5, 0.6) is 0 Å². The molecule has 0 heterocycles. The lowest BCUT2D eigenvalue weighted by Gasteiger charge is -2.10. The van der Waals surface area contributed by atoms with E-state index in [1.807, 2.05) is 6.92 Å². The van der Waals surface area contributed by atoms with Crippen LogP contribution in [0.15, 0.2) is 0 Å². The molecule has 0 spiro atoms. The lowest BCUT2D eigenvalue weighted by Crippen LogP contribution is -2.27. The highest BCUT2D eigenvalue weighted by Crippen LogP contribution is 2.07. The molecular weight excluding hydrogens is 174 g/mol. The SMILES string of the molecule is CC(C)CCCC(C)NS(=O)O. The van der Waals surface area contributed by atoms with Crippen LogP contribution >= 0.6 is 0 Å². The largest absolute Gasteiger partial charge is 0.294 e. The number of rotatable bonds is 6. The summed E-state index contributed by atoms with van der Waals surface area (Å²) in [6.07, 6.45) is 3.26. The average molecular weight is 193 g/mol. The Morgan fingerprint density at radius 3 is 2.33 bits per heavy atom. The third-order valence-electron chi connectivity index (χ3n) is 1.72. The Kier molecular flexibility index (Phi) is 6.61. The van der Waals surface area contributed by atoms with Crippen molar-refractivity contribution in [2.45, 2.75) is 46.1 Å². The van der Waals surface area contributed by atoms with Crippen LogP contribution in [0.3, 0.4) is 0 Å². The second kappa shape index (κ2) is 6.57. The molecule has 4 heteroatoms. The monoisotopic (exact) mass is 193 g/mol. The van der Waals surface area contributed by atoms with Gasteiger partial charge in [-0.05, 0) is 19.3 Å². The van der Waals surface area contributed by atoms with E-state index in [9.17, 15) is 4.21 Å². The van der Waals surface area contributed by atoms with E-state index in [4.69, 9.17) is 4.55 Å². The molecule has 0 aliphatic carbocycles. The highest BCUT2D eigenvalue weighted by Gasteiger charge is 2.04. The van der Waals surface area contributed by atoms with Gasteiger partial charge in [0.15, 0.2) is 0 Å². The molecule has 0 aromatic carbocycles. The smallest absolute Gasteiger partial charge is 0.231 e. The van der Waals surface area contributed by atoms with E-state index in [2.05, 4.69) is 18.6 Å². The van der Waals surface area contributed by atoms with Gasteiger partial charge in [-0.25, -0.2) is 8.93 Å². The summed E-state index contributed by atoms with van der Waals surface area (Å²) in [7, 11) is 0. The molecule has 0 fully saturated rings. The molecule has 0 bridgehead atoms. The Morgan fingerprint density at radius 2 is 1.92 bits per heavy atom. The van der Waals surface area contributed by atoms with E-state index in [0.717, 1.165) is 18.8 Å². The van der Waals surface area contributed by atoms with Crippen molar-refractivity contribution in [1.29, 1.82) is 0 Å². The molecule has 0 saturated heterocycles. The van der Waals surface area contributed by atoms with Crippen LogP contribution in [0.1, 0.15) is 40.0 Å². The number of nitrogens with one attached hydrogen (secondary N) is 1. The maximum atomic E-state index is 10.3. The fraction of sp³-hybridized carbons (Fsp3) is 1.00. The van der Waals surface area contributed by atoms with Crippen molar-refractivity contribution >= 4 is 11.3 Å². The van der Waals surface area contributed by atoms with Gasteiger partial charge < -0.3 is 0 Å². The normalized spacial score (nSPS) is 16.4. The molecule has 2 atom stereocenters. The van der Waals surface area contributed by atoms with E-state index in [1.165, 1.54) is 6.42 Å². The Labute approximate surface area is 77.4 Å². The zero-order valence-electron chi connectivity index (χ0n) is 8.04. The topological polar surface area (TPSA) is 49.3 Å². The molecule has 0 aromatic rings. The van der Waals surface area contributed by atoms with Crippen LogP contribution in [0.4, 0.5) is 0 Å². The first-order valence-electron chi connectivity index (χ1n) is 4.39. The van der Waals surface area contributed by atoms with Crippen LogP contribution < -0.4 is 4.72 Å². The van der Waals surface area contributed by atoms with Crippen molar-refractivity contribution < 1.29 is 8.76 Å². The summed E-state index contributed by atoms with van der Waals surface area (Å²) >= 11 is -1.86. The van der Waals surface area contributed by atoms with E-state index in [-0.39, 0.29) is 6.04 Å². The van der Waals surface area contributed by atoms with Crippen molar-refractivity contribution in [3.8, 4) is 0 Å². The third-order valence-corrected chi connectivity index (χ3v) is 2.32. The highest BCUT2D eigenvalue weighted by atomic mass is 32.2. The molecular formula is C8H19NO2S. The number of hydrogen-bond acceptors (Lipinski definition) is 1. The zero-order chi connectivity index (χ0) is 9.56. The minimum atomic E-state index is -1.86. The van der Waals surface area contributed by atoms with Gasteiger partial charge in [0, 0.05) is 6.04 Å². The van der Waals surface area contributed by atoms with Crippen molar-refractivity contribution in [3.63, 3.8) is 0 Å². The summed E-state index contributed by atoms with van der Waals surface area (Å²) in [5.74, 6) is 0.719. The first-order chi connectivity index (χ1) is 5.52. The van der Waals surface area contributed by atoms with Gasteiger partial charge >= 0.3 is 0 Å². The van der Waals surface area contributed by atoms with E-state index >= 15 is 0 Å². The average Bonchev–Trinajstić information content (AvgIpc) is 1.84. The maximum absolute atomic E-state index is 10.3. The predicted molar refractivity (Wildman–Crippen MR) is 52.1 cm³/mol. The van der Waals surface area contributed by atoms with Gasteiger partial charge in [0.25, 0.3) is 0 Å². The number of hydrogen-bond donors (Lipinski definition) is 2. The van der Waals surface area contributed by atoms with Crippen LogP contribution in [0.2, 0.25) is 0 Å². The first-order valence-corrected chi connectivity index (χ1v) is 5.50. The maximum Gasteiger partial charge on any atom is 0.231 e. The summed E-state index contributed by atoms with van der Waals surface area (Å²) in [6.45, 7) is 6.29. The predicted octanol–water partition coefficient (Wildman–Crippen LogP) is 1.93. The van der Waals surface area contributed by atoms with Crippen molar-refractivity contribution in [2.24, 2.45) is 5.92 Å². The van der Waals surface area contributed by atoms with Crippen molar-refractivity contribution in [1.82, 2.24) is 4.72 Å². The molecule has 0 aliphatic heterocycles. The van der Waals surface area contributed by atoms with Gasteiger partial charge in [-0.1, -0.05) is 26.7 Å². The van der Waals surface area contributed by atoms with Crippen molar-refractivity contribution in [3.05, 3.63) is 0 Å². The molecule has 2 unspecified atom stereocenters. The molecule has 74 valence electrons. The minimum Gasteiger partial charge on any atom is -0.294 e. The van der Waals surface area contributed by atoms with Gasteiger partial charge in [0.05, 0.1) is 0 Å². The second-order valence-corrected chi connectivity index (χ2v) is 4.33. The van der Waals surface area contributed by atoms with Gasteiger partial charge in [-0.2, -0.15) is 0 Å². The fourth-order valence-corrected chi connectivity index (χ4v) is 1.53. The lowest BCUT2D eigenvalue weighted by molar-refractivity contribution is 0.481. The summed E-state index contributed by atoms with van der Waals surface area (Å²) < 4.78 is 21.3. The van der Waals surface area contributed by atoms with E-state index < -0.39 is 11.3 Å². The van der Waals surface area contributed by atoms with Crippen LogP contribution in [-0.2, 0) is 11.3 Å². The third kappa shape index (κ3) is 8.17. The Balaban J connectivity index is 3.31. The van der Waals surface area contributed by atoms with Gasteiger partial charge in [0.1, 0.15) is 0 Å². The van der Waals surface area contributed by atoms with E-state index in [0.29, 0.717) is 0 Å². The summed E-state index contributed by atoms with van der Waals surface area (Å²) in [4.78, 5) is 0. The van der Waals surface area contributed by atoms with Gasteiger partial charge in [0.2, 0.25) is 11.3 Å². The standard InChI is InChI=1S/C8H19NO2S/c1-7(2)5-4-6-8(3)9-12(10)11/h7-9H,4-6H2,1-3H3,(H,10,11). The molecule has 0 rings (SSSR count). The van der Waals surface area contributed by atoms with Crippen LogP contribution in [0.25, 0.3) is 0 Å². The zero-order valence-corrected chi connectivity index (χ0v) is 8.86. The molecule has 0 aliphatic rings. The molecule has 12 heavy (non-hydrogen) atoms. The lowest BCUT2D eigenvalue weighted by atomic mass is 10.0. The summed E-state index contributed by atoms with van der Waals surface area (Å²) in [5, 5.41) is 0. The Bertz CT molecular complexity index is 139. The second-order valence-electron chi connectivity index (χ2n) is 3.59. The minimum absolute atomic E-state index is 0.134. The van der Waals surface area contributed by atoms with Crippen LogP contribution in [0, 0.1) is 5.92 Å². The highest BCUT2D eigenvalue weighted by molar-refractivity contribution is 7.77. The summed E-state index contributed by atoms with van der Waals surface area (Å²) in [5.41, 5.74) is 0. The van der Waals surface area contributed by atoms with E-state index in [1.54, 1.807) is 0 Å². The van der Waals surface area contributed by atoms with Crippen LogP contribution in [-0.4, -0.2) is 14.8 Å². The summed E-state index contributed by atoms with van der Waals surface area (Å²) in [6, 6.07) is 0.134. The molecule has 2 N–H and O–H groups in total. The Morgan fingerprint density at radius 1 is 1.33 bits per heavy atom. The molecule has 0 aromatic heterocycles.